The molecule has 2 aliphatic rings. The monoisotopic (exact) mass is 281 g/mol. The molecule has 4 heteroatoms. The predicted molar refractivity (Wildman–Crippen MR) is 77.1 cm³/mol. The number of hydrogen-bond acceptors (Lipinski definition) is 2. The molecule has 2 aliphatic carbocycles. The van der Waals surface area contributed by atoms with Crippen molar-refractivity contribution in [1.29, 1.82) is 0 Å². The molecule has 3 unspecified atom stereocenters. The molecule has 114 valence electrons. The van der Waals surface area contributed by atoms with Crippen LogP contribution in [0, 0.1) is 29.6 Å². The van der Waals surface area contributed by atoms with E-state index in [-0.39, 0.29) is 11.8 Å². The van der Waals surface area contributed by atoms with Gasteiger partial charge in [-0.25, -0.2) is 0 Å². The van der Waals surface area contributed by atoms with Gasteiger partial charge in [0.05, 0.1) is 11.8 Å². The van der Waals surface area contributed by atoms with E-state index in [1.54, 1.807) is 0 Å². The number of rotatable bonds is 4. The lowest BCUT2D eigenvalue weighted by Crippen LogP contribution is -2.39. The van der Waals surface area contributed by atoms with Gasteiger partial charge in [0.1, 0.15) is 0 Å². The van der Waals surface area contributed by atoms with Gasteiger partial charge in [-0.15, -0.1) is 0 Å². The summed E-state index contributed by atoms with van der Waals surface area (Å²) in [6.07, 6.45) is 6.33. The highest BCUT2D eigenvalue weighted by Crippen LogP contribution is 2.36. The number of carbonyl (C=O) groups excluding carboxylic acids is 1. The molecule has 2 saturated carbocycles. The first-order chi connectivity index (χ1) is 9.49. The lowest BCUT2D eigenvalue weighted by molar-refractivity contribution is -0.146. The van der Waals surface area contributed by atoms with E-state index in [1.807, 2.05) is 6.92 Å². The lowest BCUT2D eigenvalue weighted by atomic mass is 9.80. The smallest absolute Gasteiger partial charge is 0.307 e. The van der Waals surface area contributed by atoms with E-state index in [2.05, 4.69) is 12.2 Å². The van der Waals surface area contributed by atoms with E-state index < -0.39 is 11.9 Å². The Balaban J connectivity index is 1.86. The van der Waals surface area contributed by atoms with Crippen LogP contribution in [0.3, 0.4) is 0 Å². The van der Waals surface area contributed by atoms with Gasteiger partial charge < -0.3 is 10.4 Å². The van der Waals surface area contributed by atoms with Crippen LogP contribution in [0.1, 0.15) is 52.4 Å². The van der Waals surface area contributed by atoms with Crippen molar-refractivity contribution in [3.05, 3.63) is 0 Å². The van der Waals surface area contributed by atoms with Crippen LogP contribution in [0.15, 0.2) is 0 Å². The van der Waals surface area contributed by atoms with Crippen LogP contribution < -0.4 is 5.32 Å². The Bertz CT molecular complexity index is 369. The minimum atomic E-state index is -0.819. The van der Waals surface area contributed by atoms with Gasteiger partial charge in [-0.2, -0.15) is 0 Å². The van der Waals surface area contributed by atoms with Crippen LogP contribution in [0.2, 0.25) is 0 Å². The van der Waals surface area contributed by atoms with E-state index in [0.717, 1.165) is 6.54 Å². The molecule has 0 aliphatic heterocycles. The fourth-order valence-corrected chi connectivity index (χ4v) is 3.91. The molecule has 2 fully saturated rings. The number of carboxylic acids is 1. The Labute approximate surface area is 121 Å². The molecule has 1 amide bonds. The van der Waals surface area contributed by atoms with E-state index in [1.165, 1.54) is 25.7 Å². The van der Waals surface area contributed by atoms with Gasteiger partial charge in [-0.1, -0.05) is 33.1 Å². The highest BCUT2D eigenvalue weighted by atomic mass is 16.4. The molecule has 0 aromatic heterocycles. The van der Waals surface area contributed by atoms with Crippen molar-refractivity contribution in [3.8, 4) is 0 Å². The SMILES string of the molecule is CC1C[C@H](C(=O)NCC2CCCCC2C)[C@H](C(=O)O)C1. The predicted octanol–water partition coefficient (Wildman–Crippen LogP) is 2.68. The molecule has 20 heavy (non-hydrogen) atoms. The zero-order valence-corrected chi connectivity index (χ0v) is 12.6. The molecule has 4 nitrogen and oxygen atoms in total. The first-order valence-electron chi connectivity index (χ1n) is 7.99. The molecular weight excluding hydrogens is 254 g/mol. The third kappa shape index (κ3) is 3.53. The van der Waals surface area contributed by atoms with Gasteiger partial charge in [-0.3, -0.25) is 9.59 Å². The Hall–Kier alpha value is -1.06. The van der Waals surface area contributed by atoms with Crippen molar-refractivity contribution in [1.82, 2.24) is 5.32 Å². The fraction of sp³-hybridized carbons (Fsp3) is 0.875. The van der Waals surface area contributed by atoms with E-state index >= 15 is 0 Å². The quantitative estimate of drug-likeness (QED) is 0.832. The summed E-state index contributed by atoms with van der Waals surface area (Å²) < 4.78 is 0. The average molecular weight is 281 g/mol. The van der Waals surface area contributed by atoms with Gasteiger partial charge in [0.25, 0.3) is 0 Å². The molecule has 0 radical (unpaired) electrons. The van der Waals surface area contributed by atoms with Crippen molar-refractivity contribution in [2.75, 3.05) is 6.54 Å². The lowest BCUT2D eigenvalue weighted by Gasteiger charge is -2.29. The molecular formula is C16H27NO3. The van der Waals surface area contributed by atoms with E-state index in [0.29, 0.717) is 30.6 Å². The zero-order chi connectivity index (χ0) is 14.7. The van der Waals surface area contributed by atoms with Crippen LogP contribution in [0.5, 0.6) is 0 Å². The molecule has 0 heterocycles. The second kappa shape index (κ2) is 6.59. The normalized spacial score (nSPS) is 37.6. The molecule has 2 N–H and O–H groups in total. The standard InChI is InChI=1S/C16H27NO3/c1-10-7-13(14(8-10)16(19)20)15(18)17-9-12-6-4-3-5-11(12)2/h10-14H,3-9H2,1-2H3,(H,17,18)(H,19,20)/t10?,11?,12?,13-,14+/m0/s1. The second-order valence-electron chi connectivity index (χ2n) is 6.89. The number of carboxylic acid groups (broad SMARTS) is 1. The minimum Gasteiger partial charge on any atom is -0.481 e. The highest BCUT2D eigenvalue weighted by Gasteiger charge is 2.41. The molecule has 0 spiro atoms. The second-order valence-corrected chi connectivity index (χ2v) is 6.89. The number of nitrogens with one attached hydrogen (secondary N) is 1. The number of hydrogen-bond donors (Lipinski definition) is 2. The Morgan fingerprint density at radius 3 is 2.40 bits per heavy atom. The van der Waals surface area contributed by atoms with Crippen molar-refractivity contribution < 1.29 is 14.7 Å². The maximum Gasteiger partial charge on any atom is 0.307 e. The third-order valence-corrected chi connectivity index (χ3v) is 5.28. The first kappa shape index (κ1) is 15.3. The number of carbonyl (C=O) groups is 2. The average Bonchev–Trinajstić information content (AvgIpc) is 2.80. The summed E-state index contributed by atoms with van der Waals surface area (Å²) in [6.45, 7) is 5.01. The topological polar surface area (TPSA) is 66.4 Å². The number of amides is 1. The maximum absolute atomic E-state index is 12.3. The van der Waals surface area contributed by atoms with E-state index in [9.17, 15) is 14.7 Å². The van der Waals surface area contributed by atoms with Gasteiger partial charge in [0.15, 0.2) is 0 Å². The Kier molecular flexibility index (Phi) is 5.06. The summed E-state index contributed by atoms with van der Waals surface area (Å²) in [5.74, 6) is -0.118. The van der Waals surface area contributed by atoms with Crippen LogP contribution in [0.25, 0.3) is 0 Å². The molecule has 5 atom stereocenters. The molecule has 0 aromatic carbocycles. The molecule has 2 rings (SSSR count). The van der Waals surface area contributed by atoms with Crippen LogP contribution in [-0.4, -0.2) is 23.5 Å². The molecule has 0 bridgehead atoms. The summed E-state index contributed by atoms with van der Waals surface area (Å²) in [4.78, 5) is 23.5. The van der Waals surface area contributed by atoms with Gasteiger partial charge in [0, 0.05) is 6.54 Å². The van der Waals surface area contributed by atoms with Gasteiger partial charge >= 0.3 is 5.97 Å². The number of aliphatic carboxylic acids is 1. The largest absolute Gasteiger partial charge is 0.481 e. The summed E-state index contributed by atoms with van der Waals surface area (Å²) in [5, 5.41) is 12.3. The van der Waals surface area contributed by atoms with E-state index in [4.69, 9.17) is 0 Å². The first-order valence-corrected chi connectivity index (χ1v) is 7.99. The summed E-state index contributed by atoms with van der Waals surface area (Å²) in [5.41, 5.74) is 0. The molecule has 0 aromatic rings. The Morgan fingerprint density at radius 2 is 1.75 bits per heavy atom. The Morgan fingerprint density at radius 1 is 1.10 bits per heavy atom. The minimum absolute atomic E-state index is 0.0421. The highest BCUT2D eigenvalue weighted by molar-refractivity contribution is 5.85. The maximum atomic E-state index is 12.3. The van der Waals surface area contributed by atoms with Crippen molar-refractivity contribution >= 4 is 11.9 Å². The van der Waals surface area contributed by atoms with Crippen LogP contribution in [0.4, 0.5) is 0 Å². The molecule has 0 saturated heterocycles. The fourth-order valence-electron chi connectivity index (χ4n) is 3.91. The van der Waals surface area contributed by atoms with Gasteiger partial charge in [0.2, 0.25) is 5.91 Å². The van der Waals surface area contributed by atoms with Crippen LogP contribution >= 0.6 is 0 Å². The third-order valence-electron chi connectivity index (χ3n) is 5.28. The summed E-state index contributed by atoms with van der Waals surface area (Å²) in [7, 11) is 0. The van der Waals surface area contributed by atoms with Crippen molar-refractivity contribution in [3.63, 3.8) is 0 Å². The van der Waals surface area contributed by atoms with Gasteiger partial charge in [-0.05, 0) is 37.0 Å². The zero-order valence-electron chi connectivity index (χ0n) is 12.6. The van der Waals surface area contributed by atoms with Crippen LogP contribution in [-0.2, 0) is 9.59 Å². The summed E-state index contributed by atoms with van der Waals surface area (Å²) in [6, 6.07) is 0. The van der Waals surface area contributed by atoms with Crippen molar-refractivity contribution in [2.24, 2.45) is 29.6 Å². The van der Waals surface area contributed by atoms with Crippen molar-refractivity contribution in [2.45, 2.75) is 52.4 Å². The summed E-state index contributed by atoms with van der Waals surface area (Å²) >= 11 is 0.